The summed E-state index contributed by atoms with van der Waals surface area (Å²) in [5.74, 6) is -5.44. The number of benzene rings is 1. The molecular formula is C25H39N7O8. The largest absolute Gasteiger partial charge is 0.508 e. The van der Waals surface area contributed by atoms with Gasteiger partial charge in [0.1, 0.15) is 23.9 Å². The zero-order chi connectivity index (χ0) is 30.4. The van der Waals surface area contributed by atoms with E-state index in [1.807, 2.05) is 13.8 Å². The van der Waals surface area contributed by atoms with E-state index in [4.69, 9.17) is 17.2 Å². The first-order chi connectivity index (χ1) is 18.7. The maximum atomic E-state index is 13.2. The summed E-state index contributed by atoms with van der Waals surface area (Å²) in [6.45, 7) is 3.81. The molecule has 0 heterocycles. The Bertz CT molecular complexity index is 1060. The maximum absolute atomic E-state index is 13.2. The van der Waals surface area contributed by atoms with Crippen molar-refractivity contribution in [3.05, 3.63) is 29.8 Å². The molecule has 1 aromatic carbocycles. The van der Waals surface area contributed by atoms with Crippen LogP contribution in [0, 0.1) is 5.92 Å². The molecule has 0 aliphatic rings. The lowest BCUT2D eigenvalue weighted by atomic mass is 10.0. The normalized spacial score (nSPS) is 13.8. The first-order valence-electron chi connectivity index (χ1n) is 12.6. The van der Waals surface area contributed by atoms with Crippen LogP contribution in [-0.4, -0.2) is 81.7 Å². The predicted octanol–water partition coefficient (Wildman–Crippen LogP) is -1.62. The van der Waals surface area contributed by atoms with Gasteiger partial charge in [0, 0.05) is 13.0 Å². The minimum Gasteiger partial charge on any atom is -0.508 e. The molecule has 15 heteroatoms. The Balaban J connectivity index is 3.14. The third kappa shape index (κ3) is 12.9. The number of amides is 3. The van der Waals surface area contributed by atoms with Gasteiger partial charge in [-0.15, -0.1) is 0 Å². The van der Waals surface area contributed by atoms with E-state index in [2.05, 4.69) is 20.9 Å². The monoisotopic (exact) mass is 565 g/mol. The molecule has 0 saturated heterocycles. The zero-order valence-electron chi connectivity index (χ0n) is 22.5. The Hall–Kier alpha value is -4.40. The number of guanidine groups is 1. The molecule has 0 bridgehead atoms. The Morgan fingerprint density at radius 3 is 1.95 bits per heavy atom. The number of carboxylic acid groups (broad SMARTS) is 2. The van der Waals surface area contributed by atoms with Crippen LogP contribution in [-0.2, 0) is 30.4 Å². The van der Waals surface area contributed by atoms with Gasteiger partial charge >= 0.3 is 11.9 Å². The number of carbonyl (C=O) groups excluding carboxylic acids is 3. The number of phenolic OH excluding ortho intramolecular Hbond substituents is 1. The van der Waals surface area contributed by atoms with Crippen molar-refractivity contribution in [2.24, 2.45) is 28.1 Å². The lowest BCUT2D eigenvalue weighted by molar-refractivity contribution is -0.143. The summed E-state index contributed by atoms with van der Waals surface area (Å²) in [4.78, 5) is 65.7. The van der Waals surface area contributed by atoms with E-state index in [9.17, 15) is 39.3 Å². The molecule has 0 aromatic heterocycles. The van der Waals surface area contributed by atoms with Crippen LogP contribution in [0.2, 0.25) is 0 Å². The van der Waals surface area contributed by atoms with Crippen LogP contribution >= 0.6 is 0 Å². The molecule has 12 N–H and O–H groups in total. The second-order valence-electron chi connectivity index (χ2n) is 9.68. The molecule has 15 nitrogen and oxygen atoms in total. The van der Waals surface area contributed by atoms with Crippen LogP contribution < -0.4 is 33.2 Å². The molecule has 1 rings (SSSR count). The summed E-state index contributed by atoms with van der Waals surface area (Å²) in [5, 5.41) is 35.5. The quantitative estimate of drug-likeness (QED) is 0.0587. The van der Waals surface area contributed by atoms with Crippen molar-refractivity contribution in [3.63, 3.8) is 0 Å². The van der Waals surface area contributed by atoms with Crippen molar-refractivity contribution in [3.8, 4) is 5.75 Å². The van der Waals surface area contributed by atoms with E-state index in [0.717, 1.165) is 0 Å². The van der Waals surface area contributed by atoms with Crippen LogP contribution in [0.4, 0.5) is 0 Å². The van der Waals surface area contributed by atoms with Crippen molar-refractivity contribution in [1.82, 2.24) is 16.0 Å². The van der Waals surface area contributed by atoms with E-state index in [1.54, 1.807) is 0 Å². The van der Waals surface area contributed by atoms with Crippen LogP contribution in [0.15, 0.2) is 29.3 Å². The highest BCUT2D eigenvalue weighted by atomic mass is 16.4. The summed E-state index contributed by atoms with van der Waals surface area (Å²) in [5.41, 5.74) is 16.9. The molecule has 4 atom stereocenters. The number of hydrogen-bond acceptors (Lipinski definition) is 8. The lowest BCUT2D eigenvalue weighted by Gasteiger charge is -2.25. The molecule has 0 saturated carbocycles. The summed E-state index contributed by atoms with van der Waals surface area (Å²) < 4.78 is 0. The fraction of sp³-hybridized carbons (Fsp3) is 0.520. The Kier molecular flexibility index (Phi) is 13.9. The number of aromatic hydroxyl groups is 1. The maximum Gasteiger partial charge on any atom is 0.326 e. The molecule has 1 aromatic rings. The average molecular weight is 566 g/mol. The number of phenols is 1. The number of nitrogens with zero attached hydrogens (tertiary/aromatic N) is 1. The number of nitrogens with one attached hydrogen (secondary N) is 3. The van der Waals surface area contributed by atoms with Crippen LogP contribution in [0.25, 0.3) is 0 Å². The third-order valence-corrected chi connectivity index (χ3v) is 5.64. The van der Waals surface area contributed by atoms with E-state index in [1.165, 1.54) is 24.3 Å². The van der Waals surface area contributed by atoms with Gasteiger partial charge in [-0.05, 0) is 42.9 Å². The summed E-state index contributed by atoms with van der Waals surface area (Å²) in [6.07, 6.45) is -0.434. The number of rotatable bonds is 17. The van der Waals surface area contributed by atoms with Crippen LogP contribution in [0.3, 0.4) is 0 Å². The minimum atomic E-state index is -1.56. The Morgan fingerprint density at radius 2 is 1.43 bits per heavy atom. The second-order valence-corrected chi connectivity index (χ2v) is 9.68. The Labute approximate surface area is 231 Å². The molecule has 0 fully saturated rings. The number of nitrogens with two attached hydrogens (primary N) is 3. The van der Waals surface area contributed by atoms with Crippen molar-refractivity contribution < 1.29 is 39.3 Å². The molecule has 0 spiro atoms. The second kappa shape index (κ2) is 16.5. The number of carboxylic acids is 2. The topological polar surface area (TPSA) is 273 Å². The van der Waals surface area contributed by atoms with Gasteiger partial charge in [-0.1, -0.05) is 26.0 Å². The zero-order valence-corrected chi connectivity index (χ0v) is 22.5. The van der Waals surface area contributed by atoms with Crippen molar-refractivity contribution >= 4 is 35.6 Å². The van der Waals surface area contributed by atoms with Gasteiger partial charge in [-0.3, -0.25) is 24.2 Å². The van der Waals surface area contributed by atoms with E-state index >= 15 is 0 Å². The van der Waals surface area contributed by atoms with E-state index in [-0.39, 0.29) is 43.4 Å². The highest BCUT2D eigenvalue weighted by molar-refractivity contribution is 5.95. The first kappa shape index (κ1) is 33.6. The first-order valence-corrected chi connectivity index (χ1v) is 12.6. The highest BCUT2D eigenvalue weighted by Crippen LogP contribution is 2.12. The van der Waals surface area contributed by atoms with Gasteiger partial charge in [0.25, 0.3) is 0 Å². The summed E-state index contributed by atoms with van der Waals surface area (Å²) in [6, 6.07) is 0.446. The van der Waals surface area contributed by atoms with Gasteiger partial charge in [0.05, 0.1) is 12.5 Å². The number of aliphatic imine (C=N–C) groups is 1. The fourth-order valence-electron chi connectivity index (χ4n) is 3.66. The van der Waals surface area contributed by atoms with Gasteiger partial charge in [0.2, 0.25) is 17.7 Å². The number of hydrogen-bond donors (Lipinski definition) is 9. The van der Waals surface area contributed by atoms with Crippen molar-refractivity contribution in [2.45, 2.75) is 70.1 Å². The van der Waals surface area contributed by atoms with Crippen molar-refractivity contribution in [2.75, 3.05) is 6.54 Å². The third-order valence-electron chi connectivity index (χ3n) is 5.64. The van der Waals surface area contributed by atoms with Crippen molar-refractivity contribution in [1.29, 1.82) is 0 Å². The van der Waals surface area contributed by atoms with Gasteiger partial charge in [-0.25, -0.2) is 4.79 Å². The molecule has 40 heavy (non-hydrogen) atoms. The molecular weight excluding hydrogens is 526 g/mol. The van der Waals surface area contributed by atoms with Crippen LogP contribution in [0.5, 0.6) is 5.75 Å². The highest BCUT2D eigenvalue weighted by Gasteiger charge is 2.31. The number of carbonyl (C=O) groups is 5. The SMILES string of the molecule is CC(C)CC(N)C(=O)NC(CC(=O)O)C(=O)NC(Cc1ccc(O)cc1)C(=O)NC(CCCN=C(N)N)C(=O)O. The molecule has 222 valence electrons. The minimum absolute atomic E-state index is 0.0246. The number of aliphatic carboxylic acids is 2. The molecule has 3 amide bonds. The standard InChI is InChI=1S/C25H39N7O8/c1-13(2)10-16(26)21(36)31-19(12-20(34)35)23(38)32-18(11-14-5-7-15(33)8-6-14)22(37)30-17(24(39)40)4-3-9-29-25(27)28/h5-8,13,16-19,33H,3-4,9-12,26H2,1-2H3,(H,30,37)(H,31,36)(H,32,38)(H,34,35)(H,39,40)(H4,27,28,29). The van der Waals surface area contributed by atoms with Gasteiger partial charge in [-0.2, -0.15) is 0 Å². The van der Waals surface area contributed by atoms with Crippen LogP contribution in [0.1, 0.15) is 45.1 Å². The Morgan fingerprint density at radius 1 is 0.875 bits per heavy atom. The van der Waals surface area contributed by atoms with Gasteiger partial charge in [0.15, 0.2) is 5.96 Å². The summed E-state index contributed by atoms with van der Waals surface area (Å²) >= 11 is 0. The smallest absolute Gasteiger partial charge is 0.326 e. The molecule has 0 aliphatic carbocycles. The predicted molar refractivity (Wildman–Crippen MR) is 145 cm³/mol. The summed E-state index contributed by atoms with van der Waals surface area (Å²) in [7, 11) is 0. The average Bonchev–Trinajstić information content (AvgIpc) is 2.85. The molecule has 4 unspecified atom stereocenters. The molecule has 0 aliphatic heterocycles. The van der Waals surface area contributed by atoms with E-state index in [0.29, 0.717) is 12.0 Å². The lowest BCUT2D eigenvalue weighted by Crippen LogP contribution is -2.58. The fourth-order valence-corrected chi connectivity index (χ4v) is 3.66. The van der Waals surface area contributed by atoms with E-state index < -0.39 is 60.2 Å². The van der Waals surface area contributed by atoms with Gasteiger partial charge < -0.3 is 48.5 Å². The molecule has 0 radical (unpaired) electrons.